The molecule has 0 aromatic heterocycles. The number of carbonyl (C=O) groups is 2. The molecule has 1 amide bonds. The fraction of sp³-hybridized carbons (Fsp3) is 0.467. The van der Waals surface area contributed by atoms with Crippen LogP contribution < -0.4 is 10.1 Å². The highest BCUT2D eigenvalue weighted by Crippen LogP contribution is 2.28. The molecule has 20 heavy (non-hydrogen) atoms. The van der Waals surface area contributed by atoms with Crippen molar-refractivity contribution in [2.75, 3.05) is 0 Å². The lowest BCUT2D eigenvalue weighted by molar-refractivity contribution is -0.148. The molecule has 0 radical (unpaired) electrons. The molecule has 1 aromatic carbocycles. The Morgan fingerprint density at radius 3 is 2.75 bits per heavy atom. The molecule has 5 nitrogen and oxygen atoms in total. The van der Waals surface area contributed by atoms with Crippen molar-refractivity contribution in [3.8, 4) is 5.75 Å². The van der Waals surface area contributed by atoms with Crippen LogP contribution >= 0.6 is 0 Å². The van der Waals surface area contributed by atoms with Crippen molar-refractivity contribution in [1.82, 2.24) is 5.32 Å². The van der Waals surface area contributed by atoms with Gasteiger partial charge in [-0.1, -0.05) is 31.5 Å². The summed E-state index contributed by atoms with van der Waals surface area (Å²) in [4.78, 5) is 23.5. The van der Waals surface area contributed by atoms with Gasteiger partial charge in [-0.2, -0.15) is 0 Å². The van der Waals surface area contributed by atoms with E-state index < -0.39 is 17.6 Å². The summed E-state index contributed by atoms with van der Waals surface area (Å²) < 4.78 is 5.57. The summed E-state index contributed by atoms with van der Waals surface area (Å²) in [6.45, 7) is 3.41. The Hall–Kier alpha value is -2.04. The van der Waals surface area contributed by atoms with Gasteiger partial charge in [0.25, 0.3) is 5.91 Å². The van der Waals surface area contributed by atoms with E-state index in [1.807, 2.05) is 31.2 Å². The number of aliphatic carboxylic acids is 1. The van der Waals surface area contributed by atoms with E-state index in [0.29, 0.717) is 25.0 Å². The highest BCUT2D eigenvalue weighted by atomic mass is 16.5. The first kappa shape index (κ1) is 14.4. The quantitative estimate of drug-likeness (QED) is 0.859. The monoisotopic (exact) mass is 277 g/mol. The molecule has 0 spiro atoms. The number of carboxylic acids is 1. The summed E-state index contributed by atoms with van der Waals surface area (Å²) in [5, 5.41) is 11.9. The lowest BCUT2D eigenvalue weighted by Crippen LogP contribution is -2.55. The fourth-order valence-electron chi connectivity index (χ4n) is 2.40. The number of nitrogens with one attached hydrogen (secondary N) is 1. The van der Waals surface area contributed by atoms with Gasteiger partial charge in [-0.05, 0) is 25.0 Å². The molecule has 108 valence electrons. The number of carboxylic acid groups (broad SMARTS) is 1. The zero-order valence-corrected chi connectivity index (χ0v) is 11.7. The van der Waals surface area contributed by atoms with Gasteiger partial charge in [-0.3, -0.25) is 4.79 Å². The second-order valence-corrected chi connectivity index (χ2v) is 5.29. The van der Waals surface area contributed by atoms with Gasteiger partial charge in [0.2, 0.25) is 0 Å². The molecule has 0 saturated heterocycles. The van der Waals surface area contributed by atoms with Gasteiger partial charge in [0.1, 0.15) is 11.3 Å². The molecule has 1 heterocycles. The van der Waals surface area contributed by atoms with Gasteiger partial charge in [0.15, 0.2) is 6.10 Å². The molecular formula is C15H19NO4. The van der Waals surface area contributed by atoms with E-state index in [9.17, 15) is 14.7 Å². The minimum absolute atomic E-state index is 0.375. The Balaban J connectivity index is 2.05. The third-order valence-electron chi connectivity index (χ3n) is 3.56. The number of fused-ring (bicyclic) bond motifs is 1. The van der Waals surface area contributed by atoms with Crippen molar-refractivity contribution >= 4 is 11.9 Å². The molecular weight excluding hydrogens is 258 g/mol. The lowest BCUT2D eigenvalue weighted by Gasteiger charge is -2.27. The molecule has 0 saturated carbocycles. The predicted octanol–water partition coefficient (Wildman–Crippen LogP) is 1.75. The van der Waals surface area contributed by atoms with Gasteiger partial charge in [0.05, 0.1) is 0 Å². The lowest BCUT2D eigenvalue weighted by atomic mass is 9.95. The van der Waals surface area contributed by atoms with E-state index in [4.69, 9.17) is 4.74 Å². The van der Waals surface area contributed by atoms with E-state index in [-0.39, 0.29) is 5.91 Å². The van der Waals surface area contributed by atoms with Crippen LogP contribution in [0, 0.1) is 0 Å². The smallest absolute Gasteiger partial charge is 0.329 e. The number of amides is 1. The number of hydrogen-bond acceptors (Lipinski definition) is 3. The van der Waals surface area contributed by atoms with Gasteiger partial charge in [0, 0.05) is 6.42 Å². The normalized spacial score (nSPS) is 19.6. The number of para-hydroxylation sites is 1. The van der Waals surface area contributed by atoms with Crippen LogP contribution in [-0.2, 0) is 16.0 Å². The number of rotatable bonds is 5. The standard InChI is InChI=1S/C15H19NO4/c1-3-8-15(2,14(18)19)16-13(17)12-9-10-6-4-5-7-11(10)20-12/h4-7,12H,3,8-9H2,1-2H3,(H,16,17)(H,18,19). The number of carbonyl (C=O) groups excluding carboxylic acids is 1. The summed E-state index contributed by atoms with van der Waals surface area (Å²) in [5.41, 5.74) is -0.274. The summed E-state index contributed by atoms with van der Waals surface area (Å²) in [6, 6.07) is 7.45. The van der Waals surface area contributed by atoms with E-state index in [1.165, 1.54) is 6.92 Å². The molecule has 2 unspecified atom stereocenters. The Morgan fingerprint density at radius 1 is 1.45 bits per heavy atom. The first-order valence-electron chi connectivity index (χ1n) is 6.76. The highest BCUT2D eigenvalue weighted by molar-refractivity contribution is 5.89. The number of ether oxygens (including phenoxy) is 1. The minimum Gasteiger partial charge on any atom is -0.480 e. The zero-order chi connectivity index (χ0) is 14.8. The SMILES string of the molecule is CCCC(C)(NC(=O)C1Cc2ccccc2O1)C(=O)O. The second kappa shape index (κ2) is 5.53. The first-order chi connectivity index (χ1) is 9.46. The van der Waals surface area contributed by atoms with Crippen LogP contribution in [0.25, 0.3) is 0 Å². The highest BCUT2D eigenvalue weighted by Gasteiger charge is 2.38. The maximum Gasteiger partial charge on any atom is 0.329 e. The maximum atomic E-state index is 12.2. The van der Waals surface area contributed by atoms with Gasteiger partial charge < -0.3 is 15.2 Å². The van der Waals surface area contributed by atoms with Crippen molar-refractivity contribution in [2.24, 2.45) is 0 Å². The molecule has 1 aliphatic rings. The molecule has 0 bridgehead atoms. The molecule has 2 N–H and O–H groups in total. The fourth-order valence-corrected chi connectivity index (χ4v) is 2.40. The van der Waals surface area contributed by atoms with Crippen LogP contribution in [0.5, 0.6) is 5.75 Å². The molecule has 2 atom stereocenters. The van der Waals surface area contributed by atoms with Crippen molar-refractivity contribution in [3.05, 3.63) is 29.8 Å². The van der Waals surface area contributed by atoms with Crippen LogP contribution in [0.2, 0.25) is 0 Å². The van der Waals surface area contributed by atoms with Crippen molar-refractivity contribution in [2.45, 2.75) is 44.8 Å². The van der Waals surface area contributed by atoms with Gasteiger partial charge >= 0.3 is 5.97 Å². The average Bonchev–Trinajstić information content (AvgIpc) is 2.82. The van der Waals surface area contributed by atoms with Crippen LogP contribution in [0.1, 0.15) is 32.3 Å². The second-order valence-electron chi connectivity index (χ2n) is 5.29. The van der Waals surface area contributed by atoms with Gasteiger partial charge in [-0.25, -0.2) is 4.79 Å². The largest absolute Gasteiger partial charge is 0.480 e. The van der Waals surface area contributed by atoms with Crippen LogP contribution in [0.3, 0.4) is 0 Å². The van der Waals surface area contributed by atoms with E-state index in [0.717, 1.165) is 5.56 Å². The number of benzene rings is 1. The van der Waals surface area contributed by atoms with Crippen molar-refractivity contribution in [1.29, 1.82) is 0 Å². The summed E-state index contributed by atoms with van der Waals surface area (Å²) in [7, 11) is 0. The van der Waals surface area contributed by atoms with Crippen molar-refractivity contribution in [3.63, 3.8) is 0 Å². The average molecular weight is 277 g/mol. The summed E-state index contributed by atoms with van der Waals surface area (Å²) in [5.74, 6) is -0.706. The van der Waals surface area contributed by atoms with E-state index in [1.54, 1.807) is 0 Å². The molecule has 5 heteroatoms. The summed E-state index contributed by atoms with van der Waals surface area (Å²) >= 11 is 0. The molecule has 1 aliphatic heterocycles. The Kier molecular flexibility index (Phi) is 3.97. The maximum absolute atomic E-state index is 12.2. The third-order valence-corrected chi connectivity index (χ3v) is 3.56. The predicted molar refractivity (Wildman–Crippen MR) is 73.7 cm³/mol. The van der Waals surface area contributed by atoms with Crippen LogP contribution in [0.15, 0.2) is 24.3 Å². The van der Waals surface area contributed by atoms with Crippen LogP contribution in [-0.4, -0.2) is 28.6 Å². The van der Waals surface area contributed by atoms with Gasteiger partial charge in [-0.15, -0.1) is 0 Å². The zero-order valence-electron chi connectivity index (χ0n) is 11.7. The molecule has 2 rings (SSSR count). The Morgan fingerprint density at radius 2 is 2.15 bits per heavy atom. The summed E-state index contributed by atoms with van der Waals surface area (Å²) in [6.07, 6.45) is 0.884. The topological polar surface area (TPSA) is 75.6 Å². The first-order valence-corrected chi connectivity index (χ1v) is 6.76. The Bertz CT molecular complexity index is 503. The van der Waals surface area contributed by atoms with E-state index >= 15 is 0 Å². The van der Waals surface area contributed by atoms with E-state index in [2.05, 4.69) is 5.32 Å². The third kappa shape index (κ3) is 2.76. The van der Waals surface area contributed by atoms with Crippen molar-refractivity contribution < 1.29 is 19.4 Å². The van der Waals surface area contributed by atoms with Crippen LogP contribution in [0.4, 0.5) is 0 Å². The molecule has 0 aliphatic carbocycles. The molecule has 1 aromatic rings. The number of hydrogen-bond donors (Lipinski definition) is 2. The molecule has 0 fully saturated rings. The minimum atomic E-state index is -1.25. The Labute approximate surface area is 117 Å².